The van der Waals surface area contributed by atoms with Gasteiger partial charge in [-0.05, 0) is 45.2 Å². The van der Waals surface area contributed by atoms with E-state index in [1.165, 1.54) is 0 Å². The number of hydrogen-bond donors (Lipinski definition) is 1. The largest absolute Gasteiger partial charge is 0.484 e. The molecule has 1 unspecified atom stereocenters. The predicted octanol–water partition coefficient (Wildman–Crippen LogP) is 3.36. The van der Waals surface area contributed by atoms with Crippen LogP contribution in [-0.4, -0.2) is 30.3 Å². The third-order valence-electron chi connectivity index (χ3n) is 3.35. The van der Waals surface area contributed by atoms with Crippen molar-refractivity contribution in [3.63, 3.8) is 0 Å². The summed E-state index contributed by atoms with van der Waals surface area (Å²) >= 11 is 0. The molecular formula is C15H22N2O4. The summed E-state index contributed by atoms with van der Waals surface area (Å²) in [5, 5.41) is 14.4. The Balaban J connectivity index is 2.04. The first-order valence-electron chi connectivity index (χ1n) is 7.37. The first kappa shape index (κ1) is 15.6. The first-order chi connectivity index (χ1) is 10.1. The number of anilines is 1. The fourth-order valence-corrected chi connectivity index (χ4v) is 2.44. The second-order valence-electron chi connectivity index (χ2n) is 5.43. The van der Waals surface area contributed by atoms with Crippen molar-refractivity contribution in [1.82, 2.24) is 0 Å². The summed E-state index contributed by atoms with van der Waals surface area (Å²) in [6.45, 7) is 5.17. The van der Waals surface area contributed by atoms with Gasteiger partial charge < -0.3 is 14.8 Å². The molecular weight excluding hydrogens is 272 g/mol. The number of rotatable bonds is 7. The fourth-order valence-electron chi connectivity index (χ4n) is 2.44. The average molecular weight is 294 g/mol. The topological polar surface area (TPSA) is 73.6 Å². The molecule has 1 fully saturated rings. The molecule has 0 aliphatic carbocycles. The van der Waals surface area contributed by atoms with Crippen LogP contribution in [0.5, 0.6) is 5.75 Å². The number of nitrogens with one attached hydrogen (secondary N) is 1. The quantitative estimate of drug-likeness (QED) is 0.616. The van der Waals surface area contributed by atoms with Crippen molar-refractivity contribution < 1.29 is 14.4 Å². The van der Waals surface area contributed by atoms with Gasteiger partial charge in [0.25, 0.3) is 0 Å². The Morgan fingerprint density at radius 2 is 2.33 bits per heavy atom. The van der Waals surface area contributed by atoms with Crippen LogP contribution in [-0.2, 0) is 4.74 Å². The van der Waals surface area contributed by atoms with E-state index in [4.69, 9.17) is 9.47 Å². The summed E-state index contributed by atoms with van der Waals surface area (Å²) in [6.07, 6.45) is 3.19. The minimum atomic E-state index is -0.397. The van der Waals surface area contributed by atoms with E-state index < -0.39 is 4.92 Å². The van der Waals surface area contributed by atoms with Gasteiger partial charge in [-0.15, -0.1) is 0 Å². The summed E-state index contributed by atoms with van der Waals surface area (Å²) in [7, 11) is 0. The molecule has 0 radical (unpaired) electrons. The van der Waals surface area contributed by atoms with Gasteiger partial charge in [-0.3, -0.25) is 10.1 Å². The van der Waals surface area contributed by atoms with Gasteiger partial charge in [0.1, 0.15) is 5.69 Å². The van der Waals surface area contributed by atoms with Crippen LogP contribution in [0.3, 0.4) is 0 Å². The number of nitro groups is 1. The van der Waals surface area contributed by atoms with Gasteiger partial charge in [-0.1, -0.05) is 6.07 Å². The fraction of sp³-hybridized carbons (Fsp3) is 0.600. The minimum absolute atomic E-state index is 0.00135. The molecule has 1 aromatic rings. The van der Waals surface area contributed by atoms with Crippen LogP contribution >= 0.6 is 0 Å². The average Bonchev–Trinajstić information content (AvgIpc) is 2.91. The van der Waals surface area contributed by atoms with Crippen LogP contribution in [0.4, 0.5) is 11.4 Å². The van der Waals surface area contributed by atoms with Crippen molar-refractivity contribution in [1.29, 1.82) is 0 Å². The molecule has 0 bridgehead atoms. The number of nitro benzene ring substituents is 1. The monoisotopic (exact) mass is 294 g/mol. The smallest absolute Gasteiger partial charge is 0.333 e. The molecule has 1 saturated heterocycles. The lowest BCUT2D eigenvalue weighted by Crippen LogP contribution is -2.14. The molecule has 0 aromatic heterocycles. The van der Waals surface area contributed by atoms with Crippen LogP contribution in [0.1, 0.15) is 33.1 Å². The molecule has 1 aromatic carbocycles. The lowest BCUT2D eigenvalue weighted by molar-refractivity contribution is -0.385. The molecule has 2 rings (SSSR count). The van der Waals surface area contributed by atoms with Crippen molar-refractivity contribution >= 4 is 11.4 Å². The van der Waals surface area contributed by atoms with E-state index in [-0.39, 0.29) is 17.9 Å². The number of para-hydroxylation sites is 1. The van der Waals surface area contributed by atoms with Crippen LogP contribution in [0, 0.1) is 10.1 Å². The highest BCUT2D eigenvalue weighted by Gasteiger charge is 2.22. The highest BCUT2D eigenvalue weighted by atomic mass is 16.6. The molecule has 1 aliphatic rings. The van der Waals surface area contributed by atoms with Crippen LogP contribution in [0.2, 0.25) is 0 Å². The zero-order valence-corrected chi connectivity index (χ0v) is 12.5. The molecule has 1 aliphatic heterocycles. The standard InChI is InChI=1S/C15H22N2O4/c1-11(2)21-14-7-3-6-13(15(14)17(18)19)16-9-8-12-5-4-10-20-12/h3,6-7,11-12,16H,4-5,8-10H2,1-2H3. The van der Waals surface area contributed by atoms with Crippen molar-refractivity contribution in [3.8, 4) is 5.75 Å². The maximum atomic E-state index is 11.3. The van der Waals surface area contributed by atoms with Crippen molar-refractivity contribution in [2.24, 2.45) is 0 Å². The van der Waals surface area contributed by atoms with Gasteiger partial charge >= 0.3 is 5.69 Å². The Kier molecular flexibility index (Phi) is 5.38. The summed E-state index contributed by atoms with van der Waals surface area (Å²) in [5.74, 6) is 0.303. The van der Waals surface area contributed by atoms with E-state index in [2.05, 4.69) is 5.32 Å². The van der Waals surface area contributed by atoms with E-state index in [0.29, 0.717) is 18.0 Å². The molecule has 0 amide bonds. The SMILES string of the molecule is CC(C)Oc1cccc(NCCC2CCCO2)c1[N+](=O)[O-]. The van der Waals surface area contributed by atoms with E-state index in [1.807, 2.05) is 13.8 Å². The van der Waals surface area contributed by atoms with Gasteiger partial charge in [0.15, 0.2) is 5.75 Å². The summed E-state index contributed by atoms with van der Waals surface area (Å²) in [4.78, 5) is 10.9. The van der Waals surface area contributed by atoms with E-state index in [0.717, 1.165) is 25.9 Å². The molecule has 6 nitrogen and oxygen atoms in total. The Morgan fingerprint density at radius 1 is 1.52 bits per heavy atom. The molecule has 0 saturated carbocycles. The minimum Gasteiger partial charge on any atom is -0.484 e. The normalized spacial score (nSPS) is 18.0. The summed E-state index contributed by atoms with van der Waals surface area (Å²) < 4.78 is 11.1. The second-order valence-corrected chi connectivity index (χ2v) is 5.43. The molecule has 0 spiro atoms. The Labute approximate surface area is 124 Å². The number of nitrogens with zero attached hydrogens (tertiary/aromatic N) is 1. The predicted molar refractivity (Wildman–Crippen MR) is 80.9 cm³/mol. The maximum absolute atomic E-state index is 11.3. The summed E-state index contributed by atoms with van der Waals surface area (Å²) in [6, 6.07) is 5.10. The van der Waals surface area contributed by atoms with E-state index in [1.54, 1.807) is 18.2 Å². The molecule has 6 heteroatoms. The molecule has 1 N–H and O–H groups in total. The molecule has 1 heterocycles. The van der Waals surface area contributed by atoms with Crippen LogP contribution < -0.4 is 10.1 Å². The lowest BCUT2D eigenvalue weighted by Gasteiger charge is -2.14. The number of hydrogen-bond acceptors (Lipinski definition) is 5. The van der Waals surface area contributed by atoms with Crippen molar-refractivity contribution in [2.45, 2.75) is 45.3 Å². The van der Waals surface area contributed by atoms with Gasteiger partial charge in [0.2, 0.25) is 0 Å². The van der Waals surface area contributed by atoms with Gasteiger partial charge in [-0.2, -0.15) is 0 Å². The lowest BCUT2D eigenvalue weighted by atomic mass is 10.2. The van der Waals surface area contributed by atoms with Gasteiger partial charge in [-0.25, -0.2) is 0 Å². The highest BCUT2D eigenvalue weighted by molar-refractivity contribution is 5.68. The van der Waals surface area contributed by atoms with Gasteiger partial charge in [0, 0.05) is 13.2 Å². The zero-order chi connectivity index (χ0) is 15.2. The van der Waals surface area contributed by atoms with E-state index >= 15 is 0 Å². The number of ether oxygens (including phenoxy) is 2. The van der Waals surface area contributed by atoms with Crippen LogP contribution in [0.25, 0.3) is 0 Å². The third-order valence-corrected chi connectivity index (χ3v) is 3.35. The Morgan fingerprint density at radius 3 is 2.95 bits per heavy atom. The van der Waals surface area contributed by atoms with Crippen LogP contribution in [0.15, 0.2) is 18.2 Å². The zero-order valence-electron chi connectivity index (χ0n) is 12.5. The molecule has 1 atom stereocenters. The Bertz CT molecular complexity index is 485. The first-order valence-corrected chi connectivity index (χ1v) is 7.37. The number of benzene rings is 1. The third kappa shape index (κ3) is 4.32. The molecule has 116 valence electrons. The molecule has 21 heavy (non-hydrogen) atoms. The van der Waals surface area contributed by atoms with Crippen molar-refractivity contribution in [3.05, 3.63) is 28.3 Å². The van der Waals surface area contributed by atoms with Gasteiger partial charge in [0.05, 0.1) is 17.1 Å². The maximum Gasteiger partial charge on any atom is 0.333 e. The highest BCUT2D eigenvalue weighted by Crippen LogP contribution is 2.35. The van der Waals surface area contributed by atoms with E-state index in [9.17, 15) is 10.1 Å². The van der Waals surface area contributed by atoms with Crippen molar-refractivity contribution in [2.75, 3.05) is 18.5 Å². The second kappa shape index (κ2) is 7.26. The summed E-state index contributed by atoms with van der Waals surface area (Å²) in [5.41, 5.74) is 0.495. The Hall–Kier alpha value is -1.82.